The third-order valence-electron chi connectivity index (χ3n) is 5.95. The summed E-state index contributed by atoms with van der Waals surface area (Å²) in [6.45, 7) is 16.9. The fraction of sp³-hybridized carbons (Fsp3) is 1.00. The topological polar surface area (TPSA) is 15.3 Å². The van der Waals surface area contributed by atoms with Crippen LogP contribution in [0.15, 0.2) is 0 Å². The third kappa shape index (κ3) is 4.22. The molecular weight excluding hydrogens is 256 g/mol. The molecule has 0 radical (unpaired) electrons. The van der Waals surface area contributed by atoms with Crippen molar-refractivity contribution in [2.75, 3.05) is 13.1 Å². The Kier molecular flexibility index (Phi) is 5.76. The van der Waals surface area contributed by atoms with E-state index in [0.717, 1.165) is 17.9 Å². The lowest BCUT2D eigenvalue weighted by Gasteiger charge is -2.50. The fourth-order valence-electron chi connectivity index (χ4n) is 4.34. The normalized spacial score (nSPS) is 36.7. The van der Waals surface area contributed by atoms with E-state index >= 15 is 0 Å². The second-order valence-corrected chi connectivity index (χ2v) is 9.02. The highest BCUT2D eigenvalue weighted by Gasteiger charge is 2.39. The van der Waals surface area contributed by atoms with Crippen LogP contribution in [0.4, 0.5) is 0 Å². The number of nitrogens with one attached hydrogen (secondary N) is 1. The molecule has 2 rings (SSSR count). The summed E-state index contributed by atoms with van der Waals surface area (Å²) in [4.78, 5) is 2.91. The van der Waals surface area contributed by atoms with Crippen LogP contribution in [-0.2, 0) is 0 Å². The van der Waals surface area contributed by atoms with Crippen LogP contribution >= 0.6 is 0 Å². The molecule has 1 saturated heterocycles. The van der Waals surface area contributed by atoms with Gasteiger partial charge in [-0.3, -0.25) is 4.90 Å². The molecule has 4 unspecified atom stereocenters. The van der Waals surface area contributed by atoms with Crippen LogP contribution in [-0.4, -0.2) is 36.1 Å². The van der Waals surface area contributed by atoms with Crippen LogP contribution in [0.25, 0.3) is 0 Å². The summed E-state index contributed by atoms with van der Waals surface area (Å²) in [5, 5.41) is 3.85. The monoisotopic (exact) mass is 294 g/mol. The van der Waals surface area contributed by atoms with Gasteiger partial charge in [-0.25, -0.2) is 0 Å². The van der Waals surface area contributed by atoms with E-state index < -0.39 is 0 Å². The zero-order valence-electron chi connectivity index (χ0n) is 15.3. The van der Waals surface area contributed by atoms with Crippen LogP contribution in [0.3, 0.4) is 0 Å². The van der Waals surface area contributed by atoms with E-state index in [0.29, 0.717) is 17.5 Å². The molecule has 0 amide bonds. The number of piperazine rings is 1. The van der Waals surface area contributed by atoms with Crippen molar-refractivity contribution < 1.29 is 0 Å². The molecular formula is C19H38N2. The summed E-state index contributed by atoms with van der Waals surface area (Å²) < 4.78 is 0. The zero-order valence-corrected chi connectivity index (χ0v) is 15.3. The Hall–Kier alpha value is -0.0800. The van der Waals surface area contributed by atoms with Gasteiger partial charge in [0, 0.05) is 31.2 Å². The van der Waals surface area contributed by atoms with Crippen molar-refractivity contribution in [3.63, 3.8) is 0 Å². The Morgan fingerprint density at radius 2 is 1.71 bits per heavy atom. The van der Waals surface area contributed by atoms with Crippen LogP contribution in [0, 0.1) is 17.3 Å². The minimum Gasteiger partial charge on any atom is -0.311 e. The average Bonchev–Trinajstić information content (AvgIpc) is 2.61. The third-order valence-corrected chi connectivity index (χ3v) is 5.95. The van der Waals surface area contributed by atoms with Gasteiger partial charge in [0.05, 0.1) is 0 Å². The molecule has 0 aromatic heterocycles. The maximum atomic E-state index is 3.85. The highest BCUT2D eigenvalue weighted by atomic mass is 15.3. The van der Waals surface area contributed by atoms with Gasteiger partial charge in [0.15, 0.2) is 0 Å². The van der Waals surface area contributed by atoms with E-state index in [1.54, 1.807) is 0 Å². The van der Waals surface area contributed by atoms with Gasteiger partial charge >= 0.3 is 0 Å². The first kappa shape index (κ1) is 17.3. The van der Waals surface area contributed by atoms with Gasteiger partial charge in [0.1, 0.15) is 0 Å². The standard InChI is InChI=1S/C19H38N2/c1-14(2)17-12-20-18(19(4,5)6)13-21(17)16-11-9-7-8-10-15(16)3/h14-18,20H,7-13H2,1-6H3. The van der Waals surface area contributed by atoms with Gasteiger partial charge in [-0.2, -0.15) is 0 Å². The highest BCUT2D eigenvalue weighted by Crippen LogP contribution is 2.33. The van der Waals surface area contributed by atoms with Crippen molar-refractivity contribution in [2.24, 2.45) is 17.3 Å². The molecule has 2 fully saturated rings. The molecule has 0 bridgehead atoms. The maximum Gasteiger partial charge on any atom is 0.0247 e. The fourth-order valence-corrected chi connectivity index (χ4v) is 4.34. The van der Waals surface area contributed by atoms with Gasteiger partial charge in [-0.1, -0.05) is 60.8 Å². The number of hydrogen-bond donors (Lipinski definition) is 1. The molecule has 0 aromatic carbocycles. The van der Waals surface area contributed by atoms with Crippen molar-refractivity contribution in [1.82, 2.24) is 10.2 Å². The molecule has 21 heavy (non-hydrogen) atoms. The maximum absolute atomic E-state index is 3.85. The summed E-state index contributed by atoms with van der Waals surface area (Å²) >= 11 is 0. The summed E-state index contributed by atoms with van der Waals surface area (Å²) in [7, 11) is 0. The molecule has 2 aliphatic rings. The molecule has 0 aromatic rings. The van der Waals surface area contributed by atoms with Crippen molar-refractivity contribution in [3.8, 4) is 0 Å². The van der Waals surface area contributed by atoms with Crippen LogP contribution < -0.4 is 5.32 Å². The zero-order chi connectivity index (χ0) is 15.6. The molecule has 124 valence electrons. The first-order chi connectivity index (χ1) is 9.80. The number of nitrogens with zero attached hydrogens (tertiary/aromatic N) is 1. The van der Waals surface area contributed by atoms with E-state index in [2.05, 4.69) is 51.8 Å². The summed E-state index contributed by atoms with van der Waals surface area (Å²) in [5.41, 5.74) is 0.355. The SMILES string of the molecule is CC(C)C1CNC(C(C)(C)C)CN1C1CCCCCC1C. The van der Waals surface area contributed by atoms with Crippen molar-refractivity contribution in [2.45, 2.75) is 91.8 Å². The summed E-state index contributed by atoms with van der Waals surface area (Å²) in [6.07, 6.45) is 7.17. The van der Waals surface area contributed by atoms with E-state index in [1.165, 1.54) is 45.2 Å². The van der Waals surface area contributed by atoms with Crippen molar-refractivity contribution in [1.29, 1.82) is 0 Å². The molecule has 0 spiro atoms. The van der Waals surface area contributed by atoms with Crippen molar-refractivity contribution >= 4 is 0 Å². The second-order valence-electron chi connectivity index (χ2n) is 9.02. The molecule has 2 nitrogen and oxygen atoms in total. The lowest BCUT2D eigenvalue weighted by atomic mass is 9.81. The van der Waals surface area contributed by atoms with E-state index in [1.807, 2.05) is 0 Å². The highest BCUT2D eigenvalue weighted by molar-refractivity contribution is 4.96. The van der Waals surface area contributed by atoms with E-state index in [9.17, 15) is 0 Å². The molecule has 1 saturated carbocycles. The molecule has 4 atom stereocenters. The molecule has 1 heterocycles. The van der Waals surface area contributed by atoms with Gasteiger partial charge in [0.25, 0.3) is 0 Å². The molecule has 1 N–H and O–H groups in total. The van der Waals surface area contributed by atoms with Gasteiger partial charge in [-0.15, -0.1) is 0 Å². The predicted molar refractivity (Wildman–Crippen MR) is 92.6 cm³/mol. The van der Waals surface area contributed by atoms with Gasteiger partial charge < -0.3 is 5.32 Å². The Balaban J connectivity index is 2.16. The van der Waals surface area contributed by atoms with Gasteiger partial charge in [0.2, 0.25) is 0 Å². The lowest BCUT2D eigenvalue weighted by molar-refractivity contribution is 0.00814. The van der Waals surface area contributed by atoms with Gasteiger partial charge in [-0.05, 0) is 30.1 Å². The lowest BCUT2D eigenvalue weighted by Crippen LogP contribution is -2.64. The first-order valence-electron chi connectivity index (χ1n) is 9.30. The van der Waals surface area contributed by atoms with E-state index in [-0.39, 0.29) is 0 Å². The number of hydrogen-bond acceptors (Lipinski definition) is 2. The van der Waals surface area contributed by atoms with Crippen LogP contribution in [0.5, 0.6) is 0 Å². The average molecular weight is 295 g/mol. The first-order valence-corrected chi connectivity index (χ1v) is 9.30. The smallest absolute Gasteiger partial charge is 0.0247 e. The second kappa shape index (κ2) is 7.00. The Morgan fingerprint density at radius 3 is 2.33 bits per heavy atom. The molecule has 2 heteroatoms. The number of rotatable bonds is 2. The largest absolute Gasteiger partial charge is 0.311 e. The van der Waals surface area contributed by atoms with Crippen LogP contribution in [0.1, 0.15) is 73.6 Å². The predicted octanol–water partition coefficient (Wildman–Crippen LogP) is 4.30. The minimum atomic E-state index is 0.355. The molecule has 1 aliphatic carbocycles. The minimum absolute atomic E-state index is 0.355. The Morgan fingerprint density at radius 1 is 1.05 bits per heavy atom. The van der Waals surface area contributed by atoms with Crippen molar-refractivity contribution in [3.05, 3.63) is 0 Å². The van der Waals surface area contributed by atoms with Crippen LogP contribution in [0.2, 0.25) is 0 Å². The quantitative estimate of drug-likeness (QED) is 0.764. The summed E-state index contributed by atoms with van der Waals surface area (Å²) in [5.74, 6) is 1.61. The van der Waals surface area contributed by atoms with E-state index in [4.69, 9.17) is 0 Å². The summed E-state index contributed by atoms with van der Waals surface area (Å²) in [6, 6.07) is 2.16. The molecule has 1 aliphatic heterocycles. The Bertz CT molecular complexity index is 318. The Labute approximate surface area is 133 Å².